The smallest absolute Gasteiger partial charge is 0.109 e. The van der Waals surface area contributed by atoms with E-state index in [9.17, 15) is 0 Å². The second-order valence-corrected chi connectivity index (χ2v) is 6.68. The van der Waals surface area contributed by atoms with Gasteiger partial charge in [-0.05, 0) is 37.5 Å². The predicted octanol–water partition coefficient (Wildman–Crippen LogP) is 3.84. The quantitative estimate of drug-likeness (QED) is 0.847. The van der Waals surface area contributed by atoms with Crippen LogP contribution in [0.2, 0.25) is 0 Å². The van der Waals surface area contributed by atoms with E-state index in [2.05, 4.69) is 43.0 Å². The van der Waals surface area contributed by atoms with E-state index < -0.39 is 0 Å². The van der Waals surface area contributed by atoms with Crippen molar-refractivity contribution in [3.05, 3.63) is 17.7 Å². The van der Waals surface area contributed by atoms with Crippen LogP contribution in [0.25, 0.3) is 0 Å². The van der Waals surface area contributed by atoms with Crippen LogP contribution < -0.4 is 5.32 Å². The van der Waals surface area contributed by atoms with Crippen molar-refractivity contribution in [2.75, 3.05) is 0 Å². The van der Waals surface area contributed by atoms with Crippen LogP contribution in [0.1, 0.15) is 70.8 Å². The molecular formula is C16H29N3. The highest BCUT2D eigenvalue weighted by molar-refractivity contribution is 5.06. The standard InChI is InChI=1S/C16H29N3/c1-11(2)13-5-7-14(8-6-13)16-18-10-15(19-16)9-17-12(3)4/h10-14,17H,5-9H2,1-4H3,(H,18,19). The van der Waals surface area contributed by atoms with Crippen LogP contribution in [0, 0.1) is 11.8 Å². The topological polar surface area (TPSA) is 40.7 Å². The van der Waals surface area contributed by atoms with Gasteiger partial charge in [-0.1, -0.05) is 27.7 Å². The average molecular weight is 263 g/mol. The molecule has 0 bridgehead atoms. The van der Waals surface area contributed by atoms with Gasteiger partial charge in [-0.15, -0.1) is 0 Å². The summed E-state index contributed by atoms with van der Waals surface area (Å²) in [4.78, 5) is 8.10. The fourth-order valence-electron chi connectivity index (χ4n) is 3.05. The normalized spacial score (nSPS) is 24.3. The molecule has 0 spiro atoms. The molecule has 0 aliphatic heterocycles. The summed E-state index contributed by atoms with van der Waals surface area (Å²) < 4.78 is 0. The third-order valence-electron chi connectivity index (χ3n) is 4.45. The molecular weight excluding hydrogens is 234 g/mol. The average Bonchev–Trinajstić information content (AvgIpc) is 2.85. The Kier molecular flexibility index (Phi) is 5.03. The van der Waals surface area contributed by atoms with E-state index in [0.29, 0.717) is 12.0 Å². The fourth-order valence-corrected chi connectivity index (χ4v) is 3.05. The number of hydrogen-bond donors (Lipinski definition) is 2. The lowest BCUT2D eigenvalue weighted by molar-refractivity contribution is 0.255. The molecule has 0 amide bonds. The molecule has 0 aromatic carbocycles. The lowest BCUT2D eigenvalue weighted by Crippen LogP contribution is -2.22. The second kappa shape index (κ2) is 6.56. The summed E-state index contributed by atoms with van der Waals surface area (Å²) in [5, 5.41) is 3.43. The molecule has 1 aromatic heterocycles. The van der Waals surface area contributed by atoms with E-state index in [-0.39, 0.29) is 0 Å². The Bertz CT molecular complexity index is 373. The highest BCUT2D eigenvalue weighted by atomic mass is 15.0. The van der Waals surface area contributed by atoms with Crippen LogP contribution >= 0.6 is 0 Å². The van der Waals surface area contributed by atoms with E-state index in [1.807, 2.05) is 6.20 Å². The minimum atomic E-state index is 0.522. The Morgan fingerprint density at radius 3 is 2.47 bits per heavy atom. The Labute approximate surface area is 117 Å². The summed E-state index contributed by atoms with van der Waals surface area (Å²) in [5.41, 5.74) is 1.22. The molecule has 2 N–H and O–H groups in total. The van der Waals surface area contributed by atoms with Crippen molar-refractivity contribution in [1.29, 1.82) is 0 Å². The summed E-state index contributed by atoms with van der Waals surface area (Å²) in [6.45, 7) is 9.95. The maximum Gasteiger partial charge on any atom is 0.109 e. The molecule has 0 unspecified atom stereocenters. The number of hydrogen-bond acceptors (Lipinski definition) is 2. The van der Waals surface area contributed by atoms with Crippen LogP contribution in [-0.4, -0.2) is 16.0 Å². The molecule has 19 heavy (non-hydrogen) atoms. The van der Waals surface area contributed by atoms with Gasteiger partial charge in [0.1, 0.15) is 5.82 Å². The maximum atomic E-state index is 4.59. The van der Waals surface area contributed by atoms with Gasteiger partial charge in [-0.2, -0.15) is 0 Å². The number of nitrogens with zero attached hydrogens (tertiary/aromatic N) is 1. The third-order valence-corrected chi connectivity index (χ3v) is 4.45. The van der Waals surface area contributed by atoms with Gasteiger partial charge in [0.15, 0.2) is 0 Å². The van der Waals surface area contributed by atoms with E-state index in [0.717, 1.165) is 18.4 Å². The lowest BCUT2D eigenvalue weighted by Gasteiger charge is -2.29. The molecule has 3 heteroatoms. The zero-order chi connectivity index (χ0) is 13.8. The predicted molar refractivity (Wildman–Crippen MR) is 80.1 cm³/mol. The fraction of sp³-hybridized carbons (Fsp3) is 0.812. The highest BCUT2D eigenvalue weighted by Crippen LogP contribution is 2.37. The van der Waals surface area contributed by atoms with Gasteiger partial charge in [-0.3, -0.25) is 0 Å². The minimum Gasteiger partial charge on any atom is -0.345 e. The molecule has 2 rings (SSSR count). The molecule has 1 aliphatic rings. The van der Waals surface area contributed by atoms with Gasteiger partial charge in [-0.25, -0.2) is 4.98 Å². The van der Waals surface area contributed by atoms with E-state index in [4.69, 9.17) is 0 Å². The van der Waals surface area contributed by atoms with Crippen molar-refractivity contribution in [1.82, 2.24) is 15.3 Å². The first-order valence-electron chi connectivity index (χ1n) is 7.83. The molecule has 1 fully saturated rings. The molecule has 0 saturated heterocycles. The molecule has 3 nitrogen and oxygen atoms in total. The summed E-state index contributed by atoms with van der Waals surface area (Å²) >= 11 is 0. The van der Waals surface area contributed by atoms with Gasteiger partial charge >= 0.3 is 0 Å². The third kappa shape index (κ3) is 4.07. The zero-order valence-electron chi connectivity index (χ0n) is 12.9. The van der Waals surface area contributed by atoms with Crippen molar-refractivity contribution >= 4 is 0 Å². The Morgan fingerprint density at radius 2 is 1.89 bits per heavy atom. The summed E-state index contributed by atoms with van der Waals surface area (Å²) in [5.74, 6) is 3.63. The summed E-state index contributed by atoms with van der Waals surface area (Å²) in [6.07, 6.45) is 7.32. The molecule has 1 saturated carbocycles. The molecule has 1 aliphatic carbocycles. The molecule has 1 heterocycles. The number of aromatic amines is 1. The molecule has 108 valence electrons. The number of nitrogens with one attached hydrogen (secondary N) is 2. The van der Waals surface area contributed by atoms with Crippen molar-refractivity contribution in [2.45, 2.75) is 71.9 Å². The number of aromatic nitrogens is 2. The van der Waals surface area contributed by atoms with E-state index in [1.54, 1.807) is 0 Å². The monoisotopic (exact) mass is 263 g/mol. The van der Waals surface area contributed by atoms with E-state index in [1.165, 1.54) is 37.2 Å². The van der Waals surface area contributed by atoms with Gasteiger partial charge in [0.2, 0.25) is 0 Å². The van der Waals surface area contributed by atoms with Gasteiger partial charge in [0.25, 0.3) is 0 Å². The summed E-state index contributed by atoms with van der Waals surface area (Å²) in [7, 11) is 0. The van der Waals surface area contributed by atoms with Crippen LogP contribution in [0.4, 0.5) is 0 Å². The van der Waals surface area contributed by atoms with Crippen LogP contribution in [0.15, 0.2) is 6.20 Å². The molecule has 1 aromatic rings. The van der Waals surface area contributed by atoms with Crippen LogP contribution in [0.5, 0.6) is 0 Å². The van der Waals surface area contributed by atoms with Crippen molar-refractivity contribution < 1.29 is 0 Å². The Morgan fingerprint density at radius 1 is 1.21 bits per heavy atom. The number of H-pyrrole nitrogens is 1. The lowest BCUT2D eigenvalue weighted by atomic mass is 9.77. The van der Waals surface area contributed by atoms with E-state index >= 15 is 0 Å². The molecule has 0 atom stereocenters. The number of imidazole rings is 1. The first-order valence-corrected chi connectivity index (χ1v) is 7.83. The van der Waals surface area contributed by atoms with Gasteiger partial charge in [0.05, 0.1) is 0 Å². The Hall–Kier alpha value is -0.830. The van der Waals surface area contributed by atoms with Crippen LogP contribution in [0.3, 0.4) is 0 Å². The first-order chi connectivity index (χ1) is 9.06. The SMILES string of the molecule is CC(C)NCc1cnc(C2CCC(C(C)C)CC2)[nH]1. The van der Waals surface area contributed by atoms with Crippen molar-refractivity contribution in [2.24, 2.45) is 11.8 Å². The van der Waals surface area contributed by atoms with Crippen molar-refractivity contribution in [3.8, 4) is 0 Å². The zero-order valence-corrected chi connectivity index (χ0v) is 12.9. The van der Waals surface area contributed by atoms with Crippen LogP contribution in [-0.2, 0) is 6.54 Å². The maximum absolute atomic E-state index is 4.59. The number of rotatable bonds is 5. The highest BCUT2D eigenvalue weighted by Gasteiger charge is 2.25. The van der Waals surface area contributed by atoms with Crippen molar-refractivity contribution in [3.63, 3.8) is 0 Å². The molecule has 0 radical (unpaired) electrons. The second-order valence-electron chi connectivity index (χ2n) is 6.68. The Balaban J connectivity index is 1.86. The minimum absolute atomic E-state index is 0.522. The summed E-state index contributed by atoms with van der Waals surface area (Å²) in [6, 6.07) is 0.522. The van der Waals surface area contributed by atoms with Gasteiger partial charge < -0.3 is 10.3 Å². The largest absolute Gasteiger partial charge is 0.345 e. The van der Waals surface area contributed by atoms with Gasteiger partial charge in [0, 0.05) is 30.4 Å². The first kappa shape index (κ1) is 14.6.